The van der Waals surface area contributed by atoms with E-state index in [0.717, 1.165) is 6.42 Å². The van der Waals surface area contributed by atoms with E-state index in [0.29, 0.717) is 13.1 Å². The Morgan fingerprint density at radius 1 is 1.23 bits per heavy atom. The van der Waals surface area contributed by atoms with Gasteiger partial charge in [0.1, 0.15) is 0 Å². The van der Waals surface area contributed by atoms with Gasteiger partial charge in [-0.2, -0.15) is 0 Å². The Morgan fingerprint density at radius 2 is 2.00 bits per heavy atom. The Balaban J connectivity index is 2.10. The molecule has 0 radical (unpaired) electrons. The summed E-state index contributed by atoms with van der Waals surface area (Å²) in [7, 11) is 0. The molecule has 0 N–H and O–H groups in total. The zero-order chi connectivity index (χ0) is 9.36. The molecule has 0 aliphatic carbocycles. The number of carbonyl (C=O) groups is 1. The van der Waals surface area contributed by atoms with Crippen LogP contribution in [0.4, 0.5) is 0 Å². The average molecular weight is 180 g/mol. The minimum Gasteiger partial charge on any atom is -0.441 e. The van der Waals surface area contributed by atoms with Gasteiger partial charge in [-0.05, 0) is 12.0 Å². The highest BCUT2D eigenvalue weighted by Crippen LogP contribution is 1.99. The van der Waals surface area contributed by atoms with E-state index < -0.39 is 0 Å². The van der Waals surface area contributed by atoms with Gasteiger partial charge in [-0.15, -0.1) is 0 Å². The highest BCUT2D eigenvalue weighted by Gasteiger charge is 1.91. The first kappa shape index (κ1) is 9.74. The normalized spacial score (nSPS) is 9.54. The van der Waals surface area contributed by atoms with Gasteiger partial charge < -0.3 is 9.47 Å². The second-order valence-corrected chi connectivity index (χ2v) is 2.52. The molecule has 0 atom stereocenters. The molecule has 0 aromatic heterocycles. The Morgan fingerprint density at radius 3 is 2.69 bits per heavy atom. The van der Waals surface area contributed by atoms with Crippen LogP contribution in [0.15, 0.2) is 30.3 Å². The summed E-state index contributed by atoms with van der Waals surface area (Å²) in [6.07, 6.45) is 0.836. The fourth-order valence-electron chi connectivity index (χ4n) is 0.970. The quantitative estimate of drug-likeness (QED) is 0.377. The number of ether oxygens (including phenoxy) is 2. The first-order chi connectivity index (χ1) is 6.43. The van der Waals surface area contributed by atoms with Gasteiger partial charge in [-0.25, -0.2) is 0 Å². The van der Waals surface area contributed by atoms with Crippen molar-refractivity contribution in [2.24, 2.45) is 0 Å². The van der Waals surface area contributed by atoms with Gasteiger partial charge in [0.05, 0.1) is 6.61 Å². The van der Waals surface area contributed by atoms with Gasteiger partial charge in [0.25, 0.3) is 6.47 Å². The molecule has 13 heavy (non-hydrogen) atoms. The van der Waals surface area contributed by atoms with Crippen LogP contribution in [-0.4, -0.2) is 19.9 Å². The molecule has 0 heterocycles. The summed E-state index contributed by atoms with van der Waals surface area (Å²) in [4.78, 5) is 9.74. The summed E-state index contributed by atoms with van der Waals surface area (Å²) in [6, 6.07) is 10.0. The van der Waals surface area contributed by atoms with Crippen molar-refractivity contribution < 1.29 is 14.3 Å². The van der Waals surface area contributed by atoms with Crippen LogP contribution in [0.1, 0.15) is 5.56 Å². The van der Waals surface area contributed by atoms with E-state index in [1.54, 1.807) is 0 Å². The van der Waals surface area contributed by atoms with Crippen molar-refractivity contribution in [2.45, 2.75) is 6.42 Å². The van der Waals surface area contributed by atoms with Crippen LogP contribution in [-0.2, 0) is 20.7 Å². The summed E-state index contributed by atoms with van der Waals surface area (Å²) >= 11 is 0. The molecule has 0 aliphatic rings. The highest BCUT2D eigenvalue weighted by molar-refractivity contribution is 5.36. The van der Waals surface area contributed by atoms with Crippen LogP contribution in [0.3, 0.4) is 0 Å². The lowest BCUT2D eigenvalue weighted by Gasteiger charge is -2.02. The van der Waals surface area contributed by atoms with Crippen molar-refractivity contribution in [3.05, 3.63) is 35.9 Å². The topological polar surface area (TPSA) is 35.5 Å². The van der Waals surface area contributed by atoms with Crippen molar-refractivity contribution in [1.82, 2.24) is 0 Å². The highest BCUT2D eigenvalue weighted by atomic mass is 16.7. The maximum atomic E-state index is 9.74. The first-order valence-electron chi connectivity index (χ1n) is 4.10. The number of benzene rings is 1. The first-order valence-corrected chi connectivity index (χ1v) is 4.10. The van der Waals surface area contributed by atoms with Gasteiger partial charge >= 0.3 is 0 Å². The predicted molar refractivity (Wildman–Crippen MR) is 48.1 cm³/mol. The number of hydrogen-bond donors (Lipinski definition) is 0. The van der Waals surface area contributed by atoms with E-state index in [1.165, 1.54) is 5.56 Å². The summed E-state index contributed by atoms with van der Waals surface area (Å²) in [6.45, 7) is 0.983. The average Bonchev–Trinajstić information content (AvgIpc) is 2.19. The van der Waals surface area contributed by atoms with E-state index in [2.05, 4.69) is 4.74 Å². The Hall–Kier alpha value is -1.35. The summed E-state index contributed by atoms with van der Waals surface area (Å²) in [5.74, 6) is 0. The van der Waals surface area contributed by atoms with Crippen molar-refractivity contribution in [1.29, 1.82) is 0 Å². The molecule has 0 unspecified atom stereocenters. The van der Waals surface area contributed by atoms with Crippen LogP contribution in [0.5, 0.6) is 0 Å². The van der Waals surface area contributed by atoms with E-state index >= 15 is 0 Å². The largest absolute Gasteiger partial charge is 0.441 e. The lowest BCUT2D eigenvalue weighted by atomic mass is 10.2. The minimum atomic E-state index is 0.0380. The monoisotopic (exact) mass is 180 g/mol. The van der Waals surface area contributed by atoms with E-state index in [9.17, 15) is 4.79 Å². The Bertz CT molecular complexity index is 233. The maximum absolute atomic E-state index is 9.74. The third-order valence-corrected chi connectivity index (χ3v) is 1.60. The molecule has 1 aromatic rings. The van der Waals surface area contributed by atoms with Crippen molar-refractivity contribution >= 4 is 6.47 Å². The van der Waals surface area contributed by atoms with Gasteiger partial charge in [0.2, 0.25) is 0 Å². The number of hydrogen-bond acceptors (Lipinski definition) is 3. The molecule has 1 aromatic carbocycles. The summed E-state index contributed by atoms with van der Waals surface area (Å²) in [5, 5.41) is 0. The predicted octanol–water partition coefficient (Wildman–Crippen LogP) is 1.38. The molecule has 0 fully saturated rings. The Labute approximate surface area is 77.3 Å². The van der Waals surface area contributed by atoms with Crippen LogP contribution in [0.25, 0.3) is 0 Å². The van der Waals surface area contributed by atoms with E-state index in [-0.39, 0.29) is 6.79 Å². The molecular weight excluding hydrogens is 168 g/mol. The molecule has 0 spiro atoms. The second kappa shape index (κ2) is 6.20. The standard InChI is InChI=1S/C10H12O3/c11-8-13-9-12-7-6-10-4-2-1-3-5-10/h1-5,8H,6-7,9H2. The SMILES string of the molecule is O=COCOCCc1ccccc1. The molecule has 0 saturated carbocycles. The molecule has 70 valence electrons. The lowest BCUT2D eigenvalue weighted by Crippen LogP contribution is -2.02. The molecule has 3 nitrogen and oxygen atoms in total. The molecular formula is C10H12O3. The maximum Gasteiger partial charge on any atom is 0.295 e. The fraction of sp³-hybridized carbons (Fsp3) is 0.300. The molecule has 0 bridgehead atoms. The van der Waals surface area contributed by atoms with Crippen LogP contribution in [0.2, 0.25) is 0 Å². The summed E-state index contributed by atoms with van der Waals surface area (Å²) < 4.78 is 9.39. The molecule has 1 rings (SSSR count). The molecule has 0 amide bonds. The van der Waals surface area contributed by atoms with E-state index in [1.807, 2.05) is 30.3 Å². The van der Waals surface area contributed by atoms with Crippen molar-refractivity contribution in [3.63, 3.8) is 0 Å². The zero-order valence-corrected chi connectivity index (χ0v) is 7.31. The third-order valence-electron chi connectivity index (χ3n) is 1.60. The van der Waals surface area contributed by atoms with Crippen LogP contribution in [0, 0.1) is 0 Å². The molecule has 0 saturated heterocycles. The smallest absolute Gasteiger partial charge is 0.295 e. The van der Waals surface area contributed by atoms with Crippen LogP contribution < -0.4 is 0 Å². The van der Waals surface area contributed by atoms with Crippen molar-refractivity contribution in [2.75, 3.05) is 13.4 Å². The van der Waals surface area contributed by atoms with Crippen LogP contribution >= 0.6 is 0 Å². The number of rotatable bonds is 6. The summed E-state index contributed by atoms with van der Waals surface area (Å²) in [5.41, 5.74) is 1.22. The fourth-order valence-corrected chi connectivity index (χ4v) is 0.970. The molecule has 0 aliphatic heterocycles. The third kappa shape index (κ3) is 4.28. The lowest BCUT2D eigenvalue weighted by molar-refractivity contribution is -0.140. The second-order valence-electron chi connectivity index (χ2n) is 2.52. The molecule has 3 heteroatoms. The van der Waals surface area contributed by atoms with E-state index in [4.69, 9.17) is 4.74 Å². The van der Waals surface area contributed by atoms with Gasteiger partial charge in [-0.3, -0.25) is 4.79 Å². The zero-order valence-electron chi connectivity index (χ0n) is 7.31. The van der Waals surface area contributed by atoms with Gasteiger partial charge in [-0.1, -0.05) is 30.3 Å². The van der Waals surface area contributed by atoms with Gasteiger partial charge in [0, 0.05) is 0 Å². The number of carbonyl (C=O) groups excluding carboxylic acids is 1. The minimum absolute atomic E-state index is 0.0380. The van der Waals surface area contributed by atoms with Crippen molar-refractivity contribution in [3.8, 4) is 0 Å². The van der Waals surface area contributed by atoms with Gasteiger partial charge in [0.15, 0.2) is 6.79 Å². The Kier molecular flexibility index (Phi) is 4.64.